The first kappa shape index (κ1) is 21.3. The van der Waals surface area contributed by atoms with Crippen LogP contribution in [-0.2, 0) is 14.8 Å². The average Bonchev–Trinajstić information content (AvgIpc) is 3.11. The van der Waals surface area contributed by atoms with Gasteiger partial charge in [0.15, 0.2) is 0 Å². The number of nitrogens with zero attached hydrogens (tertiary/aromatic N) is 1. The lowest BCUT2D eigenvalue weighted by Crippen LogP contribution is -2.49. The maximum Gasteiger partial charge on any atom is 0.261 e. The molecule has 9 heteroatoms. The van der Waals surface area contributed by atoms with E-state index < -0.39 is 10.0 Å². The van der Waals surface area contributed by atoms with Crippen LogP contribution in [0, 0.1) is 0 Å². The highest BCUT2D eigenvalue weighted by atomic mass is 35.5. The number of carbonyl (C=O) groups is 1. The molecule has 1 saturated heterocycles. The second-order valence-electron chi connectivity index (χ2n) is 6.82. The van der Waals surface area contributed by atoms with Gasteiger partial charge in [-0.1, -0.05) is 23.7 Å². The van der Waals surface area contributed by atoms with Gasteiger partial charge in [0.25, 0.3) is 5.91 Å². The van der Waals surface area contributed by atoms with E-state index >= 15 is 0 Å². The Kier molecular flexibility index (Phi) is 6.77. The molecule has 0 spiro atoms. The van der Waals surface area contributed by atoms with Crippen LogP contribution in [0.5, 0.6) is 0 Å². The fourth-order valence-electron chi connectivity index (χ4n) is 3.10. The molecule has 2 atom stereocenters. The van der Waals surface area contributed by atoms with Gasteiger partial charge in [-0.25, -0.2) is 8.42 Å². The number of morpholine rings is 1. The summed E-state index contributed by atoms with van der Waals surface area (Å²) in [6, 6.07) is 11.0. The number of hydrogen-bond donors (Lipinski definition) is 1. The number of thiophene rings is 1. The van der Waals surface area contributed by atoms with E-state index in [9.17, 15) is 13.2 Å². The fourth-order valence-corrected chi connectivity index (χ4v) is 5.64. The molecule has 6 nitrogen and oxygen atoms in total. The number of rotatable bonds is 6. The zero-order valence-corrected chi connectivity index (χ0v) is 18.1. The molecule has 0 radical (unpaired) electrons. The summed E-state index contributed by atoms with van der Waals surface area (Å²) in [6.45, 7) is 4.46. The number of nitrogens with one attached hydrogen (secondary N) is 1. The van der Waals surface area contributed by atoms with Crippen molar-refractivity contribution in [1.82, 2.24) is 9.62 Å². The minimum Gasteiger partial charge on any atom is -0.373 e. The Morgan fingerprint density at radius 1 is 1.18 bits per heavy atom. The Balaban J connectivity index is 1.55. The minimum absolute atomic E-state index is 0.0649. The zero-order chi connectivity index (χ0) is 20.3. The van der Waals surface area contributed by atoms with Crippen LogP contribution in [0.3, 0.4) is 0 Å². The Hall–Kier alpha value is -1.45. The molecule has 0 saturated carbocycles. The van der Waals surface area contributed by atoms with Gasteiger partial charge in [-0.2, -0.15) is 4.31 Å². The third-order valence-corrected chi connectivity index (χ3v) is 7.57. The number of sulfonamides is 1. The van der Waals surface area contributed by atoms with Gasteiger partial charge in [0.05, 0.1) is 22.8 Å². The number of halogens is 1. The monoisotopic (exact) mass is 442 g/mol. The third-order valence-electron chi connectivity index (χ3n) is 4.38. The molecule has 2 unspecified atom stereocenters. The van der Waals surface area contributed by atoms with Crippen molar-refractivity contribution in [1.29, 1.82) is 0 Å². The van der Waals surface area contributed by atoms with Crippen molar-refractivity contribution >= 4 is 38.9 Å². The molecule has 1 amide bonds. The van der Waals surface area contributed by atoms with Gasteiger partial charge in [0.1, 0.15) is 0 Å². The van der Waals surface area contributed by atoms with E-state index in [0.717, 1.165) is 10.4 Å². The van der Waals surface area contributed by atoms with E-state index in [1.54, 1.807) is 18.2 Å². The molecule has 28 heavy (non-hydrogen) atoms. The predicted octanol–water partition coefficient (Wildman–Crippen LogP) is 3.24. The quantitative estimate of drug-likeness (QED) is 0.745. The van der Waals surface area contributed by atoms with Crippen LogP contribution in [0.4, 0.5) is 0 Å². The molecule has 1 N–H and O–H groups in total. The minimum atomic E-state index is -3.44. The zero-order valence-electron chi connectivity index (χ0n) is 15.7. The summed E-state index contributed by atoms with van der Waals surface area (Å²) in [5, 5.41) is 3.36. The fraction of sp³-hybridized carbons (Fsp3) is 0.421. The van der Waals surface area contributed by atoms with Crippen molar-refractivity contribution < 1.29 is 17.9 Å². The van der Waals surface area contributed by atoms with E-state index in [0.29, 0.717) is 23.0 Å². The molecule has 2 aromatic rings. The smallest absolute Gasteiger partial charge is 0.261 e. The summed E-state index contributed by atoms with van der Waals surface area (Å²) < 4.78 is 32.1. The summed E-state index contributed by atoms with van der Waals surface area (Å²) in [5.74, 6) is -0.405. The standard InChI is InChI=1S/C19H23ClN2O4S2/c1-13-11-22(12-14(2)26-13)28(24,25)10-9-21-19(23)18-8-7-17(27-18)15-3-5-16(20)6-4-15/h3-8,13-14H,9-12H2,1-2H3,(H,21,23). The van der Waals surface area contributed by atoms with Gasteiger partial charge in [0.2, 0.25) is 10.0 Å². The van der Waals surface area contributed by atoms with Crippen LogP contribution < -0.4 is 5.32 Å². The summed E-state index contributed by atoms with van der Waals surface area (Å²) >= 11 is 7.26. The molecule has 152 valence electrons. The Labute approximate surface area is 174 Å². The van der Waals surface area contributed by atoms with E-state index in [1.807, 2.05) is 32.0 Å². The lowest BCUT2D eigenvalue weighted by molar-refractivity contribution is -0.0440. The van der Waals surface area contributed by atoms with Crippen LogP contribution in [0.1, 0.15) is 23.5 Å². The first-order valence-electron chi connectivity index (χ1n) is 9.02. The molecular formula is C19H23ClN2O4S2. The molecule has 0 aliphatic carbocycles. The first-order chi connectivity index (χ1) is 13.2. The van der Waals surface area contributed by atoms with Crippen molar-refractivity contribution in [2.45, 2.75) is 26.1 Å². The molecule has 3 rings (SSSR count). The molecule has 1 aliphatic rings. The number of carbonyl (C=O) groups excluding carboxylic acids is 1. The van der Waals surface area contributed by atoms with Gasteiger partial charge >= 0.3 is 0 Å². The molecule has 1 aromatic heterocycles. The van der Waals surface area contributed by atoms with E-state index in [2.05, 4.69) is 5.32 Å². The average molecular weight is 443 g/mol. The summed E-state index contributed by atoms with van der Waals surface area (Å²) in [4.78, 5) is 13.8. The second-order valence-corrected chi connectivity index (χ2v) is 10.4. The van der Waals surface area contributed by atoms with Gasteiger partial charge < -0.3 is 10.1 Å². The van der Waals surface area contributed by atoms with Crippen LogP contribution in [0.25, 0.3) is 10.4 Å². The highest BCUT2D eigenvalue weighted by Crippen LogP contribution is 2.29. The van der Waals surface area contributed by atoms with Crippen LogP contribution in [0.15, 0.2) is 36.4 Å². The maximum atomic E-state index is 12.5. The van der Waals surface area contributed by atoms with Crippen LogP contribution in [-0.4, -0.2) is 56.2 Å². The number of benzene rings is 1. The van der Waals surface area contributed by atoms with E-state index in [1.165, 1.54) is 15.6 Å². The molecule has 1 aromatic carbocycles. The van der Waals surface area contributed by atoms with E-state index in [4.69, 9.17) is 16.3 Å². The second kappa shape index (κ2) is 8.92. The predicted molar refractivity (Wildman–Crippen MR) is 112 cm³/mol. The van der Waals surface area contributed by atoms with Crippen molar-refractivity contribution in [3.63, 3.8) is 0 Å². The Morgan fingerprint density at radius 2 is 1.82 bits per heavy atom. The number of hydrogen-bond acceptors (Lipinski definition) is 5. The van der Waals surface area contributed by atoms with Crippen molar-refractivity contribution in [3.8, 4) is 10.4 Å². The summed E-state index contributed by atoms with van der Waals surface area (Å²) in [6.07, 6.45) is -0.268. The molecule has 0 bridgehead atoms. The van der Waals surface area contributed by atoms with Gasteiger partial charge in [0, 0.05) is 29.5 Å². The van der Waals surface area contributed by atoms with Crippen LogP contribution in [0.2, 0.25) is 5.02 Å². The summed E-state index contributed by atoms with van der Waals surface area (Å²) in [5.41, 5.74) is 0.978. The number of ether oxygens (including phenoxy) is 1. The van der Waals surface area contributed by atoms with E-state index in [-0.39, 0.29) is 30.4 Å². The maximum absolute atomic E-state index is 12.5. The molecule has 1 aliphatic heterocycles. The van der Waals surface area contributed by atoms with Crippen molar-refractivity contribution in [2.24, 2.45) is 0 Å². The third kappa shape index (κ3) is 5.33. The van der Waals surface area contributed by atoms with Crippen molar-refractivity contribution in [2.75, 3.05) is 25.4 Å². The van der Waals surface area contributed by atoms with Crippen molar-refractivity contribution in [3.05, 3.63) is 46.3 Å². The molecule has 2 heterocycles. The van der Waals surface area contributed by atoms with Gasteiger partial charge in [-0.15, -0.1) is 11.3 Å². The topological polar surface area (TPSA) is 75.7 Å². The lowest BCUT2D eigenvalue weighted by Gasteiger charge is -2.34. The molecular weight excluding hydrogens is 420 g/mol. The number of amides is 1. The largest absolute Gasteiger partial charge is 0.373 e. The SMILES string of the molecule is CC1CN(S(=O)(=O)CCNC(=O)c2ccc(-c3ccc(Cl)cc3)s2)CC(C)O1. The first-order valence-corrected chi connectivity index (χ1v) is 11.8. The normalized spacial score (nSPS) is 20.8. The van der Waals surface area contributed by atoms with Gasteiger partial charge in [-0.05, 0) is 43.7 Å². The Morgan fingerprint density at radius 3 is 2.46 bits per heavy atom. The lowest BCUT2D eigenvalue weighted by atomic mass is 10.2. The molecule has 1 fully saturated rings. The Bertz CT molecular complexity index is 918. The highest BCUT2D eigenvalue weighted by Gasteiger charge is 2.30. The van der Waals surface area contributed by atoms with Gasteiger partial charge in [-0.3, -0.25) is 4.79 Å². The highest BCUT2D eigenvalue weighted by molar-refractivity contribution is 7.89. The summed E-state index contributed by atoms with van der Waals surface area (Å²) in [7, 11) is -3.44. The van der Waals surface area contributed by atoms with Crippen LogP contribution >= 0.6 is 22.9 Å².